The van der Waals surface area contributed by atoms with Crippen LogP contribution >= 0.6 is 31.9 Å². The maximum absolute atomic E-state index is 6.20. The van der Waals surface area contributed by atoms with E-state index in [0.29, 0.717) is 5.69 Å². The molecule has 0 fully saturated rings. The number of rotatable bonds is 4. The van der Waals surface area contributed by atoms with Crippen LogP contribution < -0.4 is 15.8 Å². The summed E-state index contributed by atoms with van der Waals surface area (Å²) in [5, 5.41) is 7.78. The third-order valence-electron chi connectivity index (χ3n) is 3.15. The highest BCUT2D eigenvalue weighted by Gasteiger charge is 2.17. The number of nitrogens with zero attached hydrogens (tertiary/aromatic N) is 2. The number of hydrogen-bond acceptors (Lipinski definition) is 4. The molecular formula is C14H18Br2N4O. The van der Waals surface area contributed by atoms with Gasteiger partial charge in [-0.15, -0.1) is 0 Å². The first-order valence-corrected chi connectivity index (χ1v) is 8.06. The fourth-order valence-electron chi connectivity index (χ4n) is 2.04. The number of ether oxygens (including phenoxy) is 1. The normalized spacial score (nSPS) is 11.0. The second kappa shape index (κ2) is 6.27. The average Bonchev–Trinajstić information content (AvgIpc) is 2.69. The van der Waals surface area contributed by atoms with E-state index in [1.807, 2.05) is 19.2 Å². The van der Waals surface area contributed by atoms with Crippen molar-refractivity contribution in [1.29, 1.82) is 0 Å². The molecule has 0 saturated heterocycles. The summed E-state index contributed by atoms with van der Waals surface area (Å²) >= 11 is 6.99. The third kappa shape index (κ3) is 3.18. The van der Waals surface area contributed by atoms with E-state index in [1.165, 1.54) is 0 Å². The SMILES string of the molecule is COc1cc(Nc2c(N)c(C(C)C)nn2C)c(Br)cc1Br. The molecule has 0 unspecified atom stereocenters. The smallest absolute Gasteiger partial charge is 0.152 e. The van der Waals surface area contributed by atoms with Crippen LogP contribution in [0.3, 0.4) is 0 Å². The van der Waals surface area contributed by atoms with Gasteiger partial charge >= 0.3 is 0 Å². The van der Waals surface area contributed by atoms with E-state index >= 15 is 0 Å². The Kier molecular flexibility index (Phi) is 4.83. The standard InChI is InChI=1S/C14H18Br2N4O/c1-7(2)13-12(17)14(20(3)19-13)18-10-6-11(21-4)9(16)5-8(10)15/h5-7,18H,17H2,1-4H3. The summed E-state index contributed by atoms with van der Waals surface area (Å²) in [6.07, 6.45) is 0. The molecule has 0 aliphatic heterocycles. The van der Waals surface area contributed by atoms with Crippen LogP contribution in [0.4, 0.5) is 17.2 Å². The van der Waals surface area contributed by atoms with Gasteiger partial charge in [0.05, 0.1) is 28.7 Å². The zero-order chi connectivity index (χ0) is 15.7. The Morgan fingerprint density at radius 1 is 1.29 bits per heavy atom. The second-order valence-electron chi connectivity index (χ2n) is 5.02. The van der Waals surface area contributed by atoms with Gasteiger partial charge in [0.15, 0.2) is 5.82 Å². The van der Waals surface area contributed by atoms with Gasteiger partial charge < -0.3 is 15.8 Å². The Hall–Kier alpha value is -1.21. The molecule has 0 bridgehead atoms. The number of methoxy groups -OCH3 is 1. The molecule has 0 radical (unpaired) electrons. The lowest BCUT2D eigenvalue weighted by Crippen LogP contribution is -2.02. The zero-order valence-corrected chi connectivity index (χ0v) is 15.5. The molecule has 1 aromatic carbocycles. The van der Waals surface area contributed by atoms with Gasteiger partial charge in [0, 0.05) is 17.6 Å². The van der Waals surface area contributed by atoms with Crippen LogP contribution in [-0.4, -0.2) is 16.9 Å². The zero-order valence-electron chi connectivity index (χ0n) is 12.4. The van der Waals surface area contributed by atoms with E-state index in [2.05, 4.69) is 56.1 Å². The molecule has 0 atom stereocenters. The van der Waals surface area contributed by atoms with Crippen molar-refractivity contribution in [3.63, 3.8) is 0 Å². The summed E-state index contributed by atoms with van der Waals surface area (Å²) in [7, 11) is 3.50. The van der Waals surface area contributed by atoms with Crippen LogP contribution in [0.25, 0.3) is 0 Å². The Bertz CT molecular complexity index is 667. The minimum Gasteiger partial charge on any atom is -0.495 e. The lowest BCUT2D eigenvalue weighted by molar-refractivity contribution is 0.412. The topological polar surface area (TPSA) is 65.1 Å². The van der Waals surface area contributed by atoms with E-state index in [-0.39, 0.29) is 5.92 Å². The molecule has 0 aliphatic rings. The number of anilines is 3. The van der Waals surface area contributed by atoms with Crippen molar-refractivity contribution >= 4 is 49.1 Å². The van der Waals surface area contributed by atoms with Crippen LogP contribution in [0.15, 0.2) is 21.1 Å². The highest BCUT2D eigenvalue weighted by Crippen LogP contribution is 2.38. The molecule has 21 heavy (non-hydrogen) atoms. The molecule has 2 rings (SSSR count). The third-order valence-corrected chi connectivity index (χ3v) is 4.43. The second-order valence-corrected chi connectivity index (χ2v) is 6.73. The molecule has 1 heterocycles. The molecule has 0 saturated carbocycles. The van der Waals surface area contributed by atoms with Crippen molar-refractivity contribution in [2.75, 3.05) is 18.2 Å². The molecule has 5 nitrogen and oxygen atoms in total. The van der Waals surface area contributed by atoms with Gasteiger partial charge in [0.25, 0.3) is 0 Å². The Labute approximate surface area is 141 Å². The number of aryl methyl sites for hydroxylation is 1. The number of nitrogens with two attached hydrogens (primary N) is 1. The summed E-state index contributed by atoms with van der Waals surface area (Å²) in [6.45, 7) is 4.14. The predicted molar refractivity (Wildman–Crippen MR) is 93.4 cm³/mol. The van der Waals surface area contributed by atoms with E-state index in [4.69, 9.17) is 10.5 Å². The van der Waals surface area contributed by atoms with Crippen LogP contribution in [0.2, 0.25) is 0 Å². The first-order valence-electron chi connectivity index (χ1n) is 6.47. The van der Waals surface area contributed by atoms with Crippen LogP contribution in [0.1, 0.15) is 25.5 Å². The number of nitrogen functional groups attached to an aromatic ring is 1. The number of nitrogens with one attached hydrogen (secondary N) is 1. The molecule has 1 aromatic heterocycles. The van der Waals surface area contributed by atoms with Crippen LogP contribution in [-0.2, 0) is 7.05 Å². The maximum atomic E-state index is 6.20. The van der Waals surface area contributed by atoms with E-state index in [1.54, 1.807) is 11.8 Å². The van der Waals surface area contributed by atoms with Crippen molar-refractivity contribution in [3.8, 4) is 5.75 Å². The monoisotopic (exact) mass is 416 g/mol. The van der Waals surface area contributed by atoms with Gasteiger partial charge in [-0.1, -0.05) is 13.8 Å². The van der Waals surface area contributed by atoms with Crippen LogP contribution in [0, 0.1) is 0 Å². The average molecular weight is 418 g/mol. The van der Waals surface area contributed by atoms with Gasteiger partial charge in [0.1, 0.15) is 5.75 Å². The summed E-state index contributed by atoms with van der Waals surface area (Å²) < 4.78 is 8.86. The first-order chi connectivity index (χ1) is 9.85. The van der Waals surface area contributed by atoms with Gasteiger partial charge in [-0.25, -0.2) is 0 Å². The minimum atomic E-state index is 0.273. The Balaban J connectivity index is 2.43. The van der Waals surface area contributed by atoms with Crippen molar-refractivity contribution in [3.05, 3.63) is 26.8 Å². The van der Waals surface area contributed by atoms with E-state index < -0.39 is 0 Å². The number of halogens is 2. The van der Waals surface area contributed by atoms with Gasteiger partial charge in [0.2, 0.25) is 0 Å². The van der Waals surface area contributed by atoms with Crippen molar-refractivity contribution in [1.82, 2.24) is 9.78 Å². The Morgan fingerprint density at radius 3 is 2.48 bits per heavy atom. The number of aromatic nitrogens is 2. The first kappa shape index (κ1) is 16.2. The van der Waals surface area contributed by atoms with Crippen molar-refractivity contribution in [2.45, 2.75) is 19.8 Å². The Morgan fingerprint density at radius 2 is 1.95 bits per heavy atom. The lowest BCUT2D eigenvalue weighted by Gasteiger charge is -2.12. The van der Waals surface area contributed by atoms with Crippen molar-refractivity contribution < 1.29 is 4.74 Å². The number of hydrogen-bond donors (Lipinski definition) is 2. The quantitative estimate of drug-likeness (QED) is 0.773. The molecule has 3 N–H and O–H groups in total. The summed E-state index contributed by atoms with van der Waals surface area (Å²) in [5.74, 6) is 1.78. The molecule has 0 aliphatic carbocycles. The fraction of sp³-hybridized carbons (Fsp3) is 0.357. The van der Waals surface area contributed by atoms with E-state index in [9.17, 15) is 0 Å². The summed E-state index contributed by atoms with van der Waals surface area (Å²) in [5.41, 5.74) is 8.62. The highest BCUT2D eigenvalue weighted by atomic mass is 79.9. The fourth-order valence-corrected chi connectivity index (χ4v) is 3.30. The van der Waals surface area contributed by atoms with Crippen LogP contribution in [0.5, 0.6) is 5.75 Å². The maximum Gasteiger partial charge on any atom is 0.152 e. The van der Waals surface area contributed by atoms with E-state index in [0.717, 1.165) is 31.9 Å². The molecule has 0 amide bonds. The predicted octanol–water partition coefficient (Wildman–Crippen LogP) is 4.40. The largest absolute Gasteiger partial charge is 0.495 e. The van der Waals surface area contributed by atoms with Gasteiger partial charge in [-0.05, 0) is 43.8 Å². The van der Waals surface area contributed by atoms with Gasteiger partial charge in [-0.3, -0.25) is 4.68 Å². The molecular weight excluding hydrogens is 400 g/mol. The summed E-state index contributed by atoms with van der Waals surface area (Å²) in [4.78, 5) is 0. The molecule has 2 aromatic rings. The molecule has 7 heteroatoms. The van der Waals surface area contributed by atoms with Gasteiger partial charge in [-0.2, -0.15) is 5.10 Å². The number of benzene rings is 1. The van der Waals surface area contributed by atoms with Crippen molar-refractivity contribution in [2.24, 2.45) is 7.05 Å². The molecule has 114 valence electrons. The lowest BCUT2D eigenvalue weighted by atomic mass is 10.1. The summed E-state index contributed by atoms with van der Waals surface area (Å²) in [6, 6.07) is 3.83. The minimum absolute atomic E-state index is 0.273. The highest BCUT2D eigenvalue weighted by molar-refractivity contribution is 9.11. The molecule has 0 spiro atoms.